The van der Waals surface area contributed by atoms with Gasteiger partial charge in [0, 0.05) is 43.2 Å². The third-order valence-corrected chi connectivity index (χ3v) is 17.6. The van der Waals surface area contributed by atoms with Crippen LogP contribution in [-0.2, 0) is 27.1 Å². The number of aryl methyl sites for hydroxylation is 1. The van der Waals surface area contributed by atoms with Crippen molar-refractivity contribution < 1.29 is 0 Å². The zero-order valence-corrected chi connectivity index (χ0v) is 41.7. The van der Waals surface area contributed by atoms with E-state index in [9.17, 15) is 0 Å². The number of anilines is 6. The molecule has 2 aliphatic carbocycles. The van der Waals surface area contributed by atoms with Crippen LogP contribution in [0.15, 0.2) is 116 Å². The van der Waals surface area contributed by atoms with E-state index in [1.807, 2.05) is 11.3 Å². The molecule has 7 aromatic rings. The van der Waals surface area contributed by atoms with E-state index in [-0.39, 0.29) is 33.8 Å². The third kappa shape index (κ3) is 6.40. The third-order valence-electron chi connectivity index (χ3n) is 16.3. The maximum Gasteiger partial charge on any atom is 0.264 e. The summed E-state index contributed by atoms with van der Waals surface area (Å²) in [6.45, 7) is 33.5. The molecule has 0 amide bonds. The van der Waals surface area contributed by atoms with E-state index in [1.165, 1.54) is 130 Å². The minimum atomic E-state index is -0.0152. The van der Waals surface area contributed by atoms with Gasteiger partial charge in [-0.25, -0.2) is 0 Å². The highest BCUT2D eigenvalue weighted by molar-refractivity contribution is 7.33. The van der Waals surface area contributed by atoms with E-state index in [0.717, 1.165) is 5.56 Å². The average Bonchev–Trinajstić information content (AvgIpc) is 3.64. The van der Waals surface area contributed by atoms with Gasteiger partial charge in [0.05, 0.1) is 11.4 Å². The summed E-state index contributed by atoms with van der Waals surface area (Å²) in [5.74, 6) is 0. The maximum absolute atomic E-state index is 4.48. The molecule has 0 radical (unpaired) electrons. The van der Waals surface area contributed by atoms with Crippen molar-refractivity contribution in [3.63, 3.8) is 0 Å². The molecule has 11 rings (SSSR count). The van der Waals surface area contributed by atoms with Crippen LogP contribution in [0.3, 0.4) is 0 Å². The van der Waals surface area contributed by atoms with Crippen LogP contribution >= 0.6 is 11.3 Å². The molecule has 0 unspecified atom stereocenters. The van der Waals surface area contributed by atoms with Crippen LogP contribution in [0.5, 0.6) is 0 Å². The van der Waals surface area contributed by atoms with E-state index in [4.69, 9.17) is 0 Å². The SMILES string of the molecule is C=Cc1cc2c3c(c1)N(c1ccc(C(C)(C)C)cc1-c1ccccc1)c1c(sc4ccc(C)cc14)B3c1cc3c(cc1N2c1ccc2c(c1)C(C)(C)CCC2(C)C)C(C)(C)CCC3(C)C. The summed E-state index contributed by atoms with van der Waals surface area (Å²) in [5.41, 5.74) is 22.9. The Labute approximate surface area is 393 Å². The van der Waals surface area contributed by atoms with E-state index >= 15 is 0 Å². The monoisotopic (exact) mass is 868 g/mol. The van der Waals surface area contributed by atoms with Crippen LogP contribution in [-0.4, -0.2) is 6.71 Å². The second-order valence-electron chi connectivity index (χ2n) is 23.7. The standard InChI is InChI=1S/C61H65BN2S/c1-14-38-31-51-54-52(32-38)64(49-24-21-40(57(3,4)5)33-42(49)39-18-16-15-17-19-39)55-43-30-37(2)20-25-53(43)65-56(55)62(54)48-35-46-47(61(12,13)29-28-60(46,10)11)36-50(48)63(51)41-22-23-44-45(34-41)59(8,9)27-26-58(44,6)7/h14-25,30-36H,1,26-29H2,2-13H3. The van der Waals surface area contributed by atoms with Crippen LogP contribution in [0, 0.1) is 6.92 Å². The second-order valence-corrected chi connectivity index (χ2v) is 24.7. The highest BCUT2D eigenvalue weighted by atomic mass is 32.1. The molecule has 0 saturated carbocycles. The number of nitrogens with zero attached hydrogens (tertiary/aromatic N) is 2. The van der Waals surface area contributed by atoms with Gasteiger partial charge in [-0.05, 0) is 164 Å². The molecule has 0 fully saturated rings. The van der Waals surface area contributed by atoms with Gasteiger partial charge < -0.3 is 9.80 Å². The van der Waals surface area contributed by atoms with Crippen molar-refractivity contribution in [2.24, 2.45) is 0 Å². The first-order valence-corrected chi connectivity index (χ1v) is 25.0. The molecule has 65 heavy (non-hydrogen) atoms. The highest BCUT2D eigenvalue weighted by Gasteiger charge is 2.49. The molecule has 0 bridgehead atoms. The van der Waals surface area contributed by atoms with Gasteiger partial charge in [0.25, 0.3) is 6.71 Å². The molecule has 3 heterocycles. The Morgan fingerprint density at radius 3 is 1.86 bits per heavy atom. The van der Waals surface area contributed by atoms with Gasteiger partial charge in [0.15, 0.2) is 0 Å². The summed E-state index contributed by atoms with van der Waals surface area (Å²) in [7, 11) is 0. The van der Waals surface area contributed by atoms with E-state index in [0.29, 0.717) is 0 Å². The Bertz CT molecular complexity index is 3130. The van der Waals surface area contributed by atoms with Crippen molar-refractivity contribution in [2.75, 3.05) is 9.80 Å². The lowest BCUT2D eigenvalue weighted by Crippen LogP contribution is -2.61. The number of thiophene rings is 1. The van der Waals surface area contributed by atoms with E-state index < -0.39 is 0 Å². The van der Waals surface area contributed by atoms with Gasteiger partial charge in [0.1, 0.15) is 0 Å². The first-order chi connectivity index (χ1) is 30.7. The normalized spacial score (nSPS) is 18.4. The Kier molecular flexibility index (Phi) is 9.18. The summed E-state index contributed by atoms with van der Waals surface area (Å²) >= 11 is 2.00. The Morgan fingerprint density at radius 2 is 1.22 bits per heavy atom. The molecule has 2 aliphatic heterocycles. The molecule has 0 saturated heterocycles. The molecule has 0 N–H and O–H groups in total. The summed E-state index contributed by atoms with van der Waals surface area (Å²) in [6.07, 6.45) is 6.79. The number of hydrogen-bond acceptors (Lipinski definition) is 3. The van der Waals surface area contributed by atoms with Gasteiger partial charge in [0.2, 0.25) is 0 Å². The summed E-state index contributed by atoms with van der Waals surface area (Å²) in [5, 5.41) is 1.32. The van der Waals surface area contributed by atoms with Gasteiger partial charge in [-0.15, -0.1) is 11.3 Å². The summed E-state index contributed by atoms with van der Waals surface area (Å²) in [4.78, 5) is 5.34. The lowest BCUT2D eigenvalue weighted by atomic mass is 9.35. The first kappa shape index (κ1) is 42.3. The Hall–Kier alpha value is -5.32. The van der Waals surface area contributed by atoms with Crippen molar-refractivity contribution in [1.82, 2.24) is 0 Å². The van der Waals surface area contributed by atoms with Crippen molar-refractivity contribution in [2.45, 2.75) is 136 Å². The highest BCUT2D eigenvalue weighted by Crippen LogP contribution is 2.54. The summed E-state index contributed by atoms with van der Waals surface area (Å²) in [6, 6.07) is 43.2. The molecule has 1 aromatic heterocycles. The van der Waals surface area contributed by atoms with E-state index in [2.05, 4.69) is 215 Å². The Balaban J connectivity index is 1.29. The predicted octanol–water partition coefficient (Wildman–Crippen LogP) is 15.6. The van der Waals surface area contributed by atoms with Gasteiger partial charge in [-0.3, -0.25) is 0 Å². The number of fused-ring (bicyclic) bond motifs is 8. The van der Waals surface area contributed by atoms with Crippen molar-refractivity contribution >= 4 is 84.0 Å². The molecule has 4 heteroatoms. The lowest BCUT2D eigenvalue weighted by molar-refractivity contribution is 0.332. The topological polar surface area (TPSA) is 6.48 Å². The number of benzene rings is 6. The molecule has 0 spiro atoms. The van der Waals surface area contributed by atoms with E-state index in [1.54, 1.807) is 0 Å². The van der Waals surface area contributed by atoms with Gasteiger partial charge in [-0.1, -0.05) is 149 Å². The second kappa shape index (κ2) is 14.1. The van der Waals surface area contributed by atoms with Crippen LogP contribution in [0.4, 0.5) is 34.1 Å². The van der Waals surface area contributed by atoms with Crippen LogP contribution in [0.25, 0.3) is 27.3 Å². The maximum atomic E-state index is 4.48. The molecule has 2 nitrogen and oxygen atoms in total. The number of hydrogen-bond donors (Lipinski definition) is 0. The molecule has 6 aromatic carbocycles. The van der Waals surface area contributed by atoms with Crippen LogP contribution < -0.4 is 25.5 Å². The molecular weight excluding hydrogens is 804 g/mol. The fourth-order valence-electron chi connectivity index (χ4n) is 12.1. The predicted molar refractivity (Wildman–Crippen MR) is 285 cm³/mol. The first-order valence-electron chi connectivity index (χ1n) is 24.2. The molecule has 4 aliphatic rings. The van der Waals surface area contributed by atoms with Crippen LogP contribution in [0.2, 0.25) is 0 Å². The quantitative estimate of drug-likeness (QED) is 0.163. The molecule has 0 atom stereocenters. The fraction of sp³-hybridized carbons (Fsp3) is 0.344. The molecular formula is C61H65BN2S. The largest absolute Gasteiger partial charge is 0.311 e. The van der Waals surface area contributed by atoms with Gasteiger partial charge in [-0.2, -0.15) is 0 Å². The van der Waals surface area contributed by atoms with Crippen molar-refractivity contribution in [1.29, 1.82) is 0 Å². The zero-order valence-electron chi connectivity index (χ0n) is 40.9. The average molecular weight is 869 g/mol. The zero-order chi connectivity index (χ0) is 45.7. The number of rotatable bonds is 4. The molecule has 328 valence electrons. The fourth-order valence-corrected chi connectivity index (χ4v) is 13.4. The lowest BCUT2D eigenvalue weighted by Gasteiger charge is -2.47. The Morgan fingerprint density at radius 1 is 0.600 bits per heavy atom. The smallest absolute Gasteiger partial charge is 0.264 e. The van der Waals surface area contributed by atoms with Gasteiger partial charge >= 0.3 is 0 Å². The minimum absolute atomic E-state index is 0.0152. The van der Waals surface area contributed by atoms with Crippen molar-refractivity contribution in [3.05, 3.63) is 155 Å². The minimum Gasteiger partial charge on any atom is -0.311 e. The van der Waals surface area contributed by atoms with Crippen LogP contribution in [0.1, 0.15) is 141 Å². The summed E-state index contributed by atoms with van der Waals surface area (Å²) < 4.78 is 2.76. The van der Waals surface area contributed by atoms with Crippen molar-refractivity contribution in [3.8, 4) is 11.1 Å².